The first kappa shape index (κ1) is 15.2. The molecule has 1 atom stereocenters. The third-order valence-electron chi connectivity index (χ3n) is 5.67. The Balaban J connectivity index is 1.33. The highest BCUT2D eigenvalue weighted by Gasteiger charge is 2.32. The summed E-state index contributed by atoms with van der Waals surface area (Å²) < 4.78 is 7.79. The van der Waals surface area contributed by atoms with Crippen LogP contribution in [-0.2, 0) is 16.1 Å². The molecule has 3 fully saturated rings. The number of aryl methyl sites for hydroxylation is 1. The molecule has 1 amide bonds. The van der Waals surface area contributed by atoms with Gasteiger partial charge in [-0.3, -0.25) is 4.79 Å². The summed E-state index contributed by atoms with van der Waals surface area (Å²) in [6.07, 6.45) is 7.74. The number of aromatic nitrogens is 2. The van der Waals surface area contributed by atoms with Crippen LogP contribution in [0.2, 0.25) is 0 Å². The minimum atomic E-state index is 0.115. The summed E-state index contributed by atoms with van der Waals surface area (Å²) in [5.41, 5.74) is 1.29. The van der Waals surface area contributed by atoms with E-state index in [1.54, 1.807) is 0 Å². The Bertz CT molecular complexity index is 565. The van der Waals surface area contributed by atoms with Gasteiger partial charge in [0.05, 0.1) is 12.5 Å². The number of ether oxygens (including phenoxy) is 1. The molecular formula is C18H27N3O2. The van der Waals surface area contributed by atoms with Crippen molar-refractivity contribution in [2.45, 2.75) is 51.5 Å². The predicted molar refractivity (Wildman–Crippen MR) is 87.2 cm³/mol. The lowest BCUT2D eigenvalue weighted by Crippen LogP contribution is -2.42. The summed E-state index contributed by atoms with van der Waals surface area (Å²) in [5, 5.41) is 0. The number of imidazole rings is 1. The Kier molecular flexibility index (Phi) is 4.14. The Hall–Kier alpha value is -1.36. The fourth-order valence-electron chi connectivity index (χ4n) is 3.97. The van der Waals surface area contributed by atoms with E-state index in [1.165, 1.54) is 24.4 Å². The molecule has 1 aromatic heterocycles. The molecule has 2 saturated heterocycles. The van der Waals surface area contributed by atoms with E-state index < -0.39 is 0 Å². The number of amides is 1. The fraction of sp³-hybridized carbons (Fsp3) is 0.778. The summed E-state index contributed by atoms with van der Waals surface area (Å²) in [4.78, 5) is 19.2. The first-order valence-electron chi connectivity index (χ1n) is 9.11. The minimum Gasteiger partial charge on any atom is -0.381 e. The zero-order valence-electron chi connectivity index (χ0n) is 14.0. The highest BCUT2D eigenvalue weighted by atomic mass is 16.5. The van der Waals surface area contributed by atoms with Crippen LogP contribution in [0.1, 0.15) is 49.5 Å². The lowest BCUT2D eigenvalue weighted by atomic mass is 9.95. The number of hydrogen-bond donors (Lipinski definition) is 0. The molecule has 4 rings (SSSR count). The summed E-state index contributed by atoms with van der Waals surface area (Å²) in [6, 6.07) is 0. The number of nitrogens with zero attached hydrogens (tertiary/aromatic N) is 3. The zero-order chi connectivity index (χ0) is 15.8. The molecular weight excluding hydrogens is 290 g/mol. The summed E-state index contributed by atoms with van der Waals surface area (Å²) >= 11 is 0. The molecule has 3 heterocycles. The van der Waals surface area contributed by atoms with E-state index >= 15 is 0 Å². The monoisotopic (exact) mass is 317 g/mol. The molecule has 1 unspecified atom stereocenters. The maximum Gasteiger partial charge on any atom is 0.228 e. The average molecular weight is 317 g/mol. The van der Waals surface area contributed by atoms with Crippen molar-refractivity contribution in [1.29, 1.82) is 0 Å². The van der Waals surface area contributed by atoms with Crippen molar-refractivity contribution in [3.63, 3.8) is 0 Å². The molecule has 0 aromatic carbocycles. The number of carbonyl (C=O) groups excluding carboxylic acids is 1. The van der Waals surface area contributed by atoms with Crippen molar-refractivity contribution in [3.05, 3.63) is 17.7 Å². The molecule has 0 N–H and O–H groups in total. The third kappa shape index (κ3) is 3.16. The zero-order valence-corrected chi connectivity index (χ0v) is 14.0. The molecule has 0 radical (unpaired) electrons. The molecule has 0 spiro atoms. The normalized spacial score (nSPS) is 26.0. The van der Waals surface area contributed by atoms with E-state index in [-0.39, 0.29) is 5.92 Å². The van der Waals surface area contributed by atoms with Gasteiger partial charge in [-0.25, -0.2) is 4.98 Å². The second-order valence-electron chi connectivity index (χ2n) is 7.47. The first-order valence-corrected chi connectivity index (χ1v) is 9.11. The van der Waals surface area contributed by atoms with Gasteiger partial charge in [-0.2, -0.15) is 0 Å². The van der Waals surface area contributed by atoms with Crippen LogP contribution in [0, 0.1) is 18.8 Å². The number of rotatable bonds is 4. The van der Waals surface area contributed by atoms with Crippen LogP contribution in [-0.4, -0.2) is 46.7 Å². The maximum absolute atomic E-state index is 12.5. The van der Waals surface area contributed by atoms with E-state index in [0.29, 0.717) is 24.3 Å². The van der Waals surface area contributed by atoms with E-state index in [1.807, 2.05) is 6.20 Å². The fourth-order valence-corrected chi connectivity index (χ4v) is 3.97. The molecule has 2 aliphatic heterocycles. The molecule has 3 aliphatic rings. The SMILES string of the molecule is Cc1cnc(C2CC2)n1CC1CCN(C(=O)C2CCOC2)CC1. The Morgan fingerprint density at radius 1 is 1.26 bits per heavy atom. The van der Waals surface area contributed by atoms with Crippen molar-refractivity contribution in [2.24, 2.45) is 11.8 Å². The van der Waals surface area contributed by atoms with E-state index in [9.17, 15) is 4.79 Å². The van der Waals surface area contributed by atoms with Gasteiger partial charge in [-0.15, -0.1) is 0 Å². The standard InChI is InChI=1S/C18H27N3O2/c1-13-10-19-17(15-2-3-15)21(13)11-14-4-7-20(8-5-14)18(22)16-6-9-23-12-16/h10,14-16H,2-9,11-12H2,1H3. The molecule has 1 saturated carbocycles. The van der Waals surface area contributed by atoms with Crippen LogP contribution in [0.3, 0.4) is 0 Å². The van der Waals surface area contributed by atoms with Gasteiger partial charge >= 0.3 is 0 Å². The quantitative estimate of drug-likeness (QED) is 0.856. The molecule has 0 bridgehead atoms. The summed E-state index contributed by atoms with van der Waals surface area (Å²) in [6.45, 7) is 6.43. The van der Waals surface area contributed by atoms with Crippen molar-refractivity contribution >= 4 is 5.91 Å². The van der Waals surface area contributed by atoms with Crippen LogP contribution in [0.5, 0.6) is 0 Å². The van der Waals surface area contributed by atoms with Gasteiger partial charge in [-0.1, -0.05) is 0 Å². The summed E-state index contributed by atoms with van der Waals surface area (Å²) in [7, 11) is 0. The molecule has 126 valence electrons. The van der Waals surface area contributed by atoms with Crippen LogP contribution in [0.25, 0.3) is 0 Å². The molecule has 5 nitrogen and oxygen atoms in total. The average Bonchev–Trinajstić information content (AvgIpc) is 3.14. The van der Waals surface area contributed by atoms with Crippen LogP contribution < -0.4 is 0 Å². The van der Waals surface area contributed by atoms with Crippen molar-refractivity contribution in [1.82, 2.24) is 14.5 Å². The van der Waals surface area contributed by atoms with E-state index in [0.717, 1.165) is 45.5 Å². The van der Waals surface area contributed by atoms with Gasteiger partial charge in [0.2, 0.25) is 5.91 Å². The maximum atomic E-state index is 12.5. The minimum absolute atomic E-state index is 0.115. The van der Waals surface area contributed by atoms with Gasteiger partial charge in [0.25, 0.3) is 0 Å². The topological polar surface area (TPSA) is 47.4 Å². The van der Waals surface area contributed by atoms with Gasteiger partial charge < -0.3 is 14.2 Å². The van der Waals surface area contributed by atoms with Crippen molar-refractivity contribution in [2.75, 3.05) is 26.3 Å². The second kappa shape index (κ2) is 6.27. The van der Waals surface area contributed by atoms with Crippen LogP contribution in [0.4, 0.5) is 0 Å². The third-order valence-corrected chi connectivity index (χ3v) is 5.67. The van der Waals surface area contributed by atoms with Crippen molar-refractivity contribution < 1.29 is 9.53 Å². The highest BCUT2D eigenvalue weighted by molar-refractivity contribution is 5.79. The van der Waals surface area contributed by atoms with Crippen LogP contribution >= 0.6 is 0 Å². The Labute approximate surface area is 138 Å². The predicted octanol–water partition coefficient (Wildman–Crippen LogP) is 2.34. The first-order chi connectivity index (χ1) is 11.2. The molecule has 5 heteroatoms. The number of piperidine rings is 1. The lowest BCUT2D eigenvalue weighted by molar-refractivity contribution is -0.137. The largest absolute Gasteiger partial charge is 0.381 e. The number of likely N-dealkylation sites (tertiary alicyclic amines) is 1. The van der Waals surface area contributed by atoms with Gasteiger partial charge in [0.15, 0.2) is 0 Å². The summed E-state index contributed by atoms with van der Waals surface area (Å²) in [5.74, 6) is 3.10. The number of carbonyl (C=O) groups is 1. The molecule has 23 heavy (non-hydrogen) atoms. The van der Waals surface area contributed by atoms with Gasteiger partial charge in [-0.05, 0) is 44.9 Å². The number of hydrogen-bond acceptors (Lipinski definition) is 3. The smallest absolute Gasteiger partial charge is 0.228 e. The van der Waals surface area contributed by atoms with Gasteiger partial charge in [0, 0.05) is 44.0 Å². The van der Waals surface area contributed by atoms with Crippen LogP contribution in [0.15, 0.2) is 6.20 Å². The Morgan fingerprint density at radius 2 is 2.04 bits per heavy atom. The van der Waals surface area contributed by atoms with E-state index in [2.05, 4.69) is 21.4 Å². The lowest BCUT2D eigenvalue weighted by Gasteiger charge is -2.34. The Morgan fingerprint density at radius 3 is 2.70 bits per heavy atom. The van der Waals surface area contributed by atoms with Crippen molar-refractivity contribution in [3.8, 4) is 0 Å². The molecule has 1 aliphatic carbocycles. The highest BCUT2D eigenvalue weighted by Crippen LogP contribution is 2.40. The molecule has 1 aromatic rings. The van der Waals surface area contributed by atoms with E-state index in [4.69, 9.17) is 4.74 Å². The second-order valence-corrected chi connectivity index (χ2v) is 7.47. The van der Waals surface area contributed by atoms with Gasteiger partial charge in [0.1, 0.15) is 5.82 Å².